The highest BCUT2D eigenvalue weighted by Crippen LogP contribution is 2.22. The maximum atomic E-state index is 11.7. The van der Waals surface area contributed by atoms with Crippen molar-refractivity contribution in [2.75, 3.05) is 20.1 Å². The molecular formula is C13H26N2O. The molecule has 0 radical (unpaired) electrons. The average Bonchev–Trinajstić information content (AvgIpc) is 2.34. The van der Waals surface area contributed by atoms with Crippen LogP contribution in [0.4, 0.5) is 4.79 Å². The third kappa shape index (κ3) is 4.86. The van der Waals surface area contributed by atoms with Crippen LogP contribution in [0.2, 0.25) is 0 Å². The molecule has 1 rings (SSSR count). The SMILES string of the molecule is CCCCN(C)C(=O)NCC1CCCCC1. The molecule has 1 N–H and O–H groups in total. The van der Waals surface area contributed by atoms with Gasteiger partial charge in [-0.15, -0.1) is 0 Å². The van der Waals surface area contributed by atoms with Gasteiger partial charge in [0.05, 0.1) is 0 Å². The lowest BCUT2D eigenvalue weighted by atomic mass is 9.89. The van der Waals surface area contributed by atoms with Crippen LogP contribution in [0.3, 0.4) is 0 Å². The lowest BCUT2D eigenvalue weighted by molar-refractivity contribution is 0.204. The minimum Gasteiger partial charge on any atom is -0.338 e. The zero-order chi connectivity index (χ0) is 11.8. The predicted molar refractivity (Wildman–Crippen MR) is 67.5 cm³/mol. The molecule has 3 nitrogen and oxygen atoms in total. The molecule has 0 saturated heterocycles. The minimum absolute atomic E-state index is 0.0963. The number of nitrogens with zero attached hydrogens (tertiary/aromatic N) is 1. The fourth-order valence-electron chi connectivity index (χ4n) is 2.25. The Morgan fingerprint density at radius 1 is 1.31 bits per heavy atom. The van der Waals surface area contributed by atoms with Gasteiger partial charge in [-0.25, -0.2) is 4.79 Å². The molecule has 0 aromatic heterocycles. The van der Waals surface area contributed by atoms with Crippen molar-refractivity contribution >= 4 is 6.03 Å². The third-order valence-corrected chi connectivity index (χ3v) is 3.46. The van der Waals surface area contributed by atoms with Crippen molar-refractivity contribution in [3.8, 4) is 0 Å². The molecule has 16 heavy (non-hydrogen) atoms. The lowest BCUT2D eigenvalue weighted by Crippen LogP contribution is -2.40. The zero-order valence-electron chi connectivity index (χ0n) is 10.8. The van der Waals surface area contributed by atoms with E-state index in [0.717, 1.165) is 31.8 Å². The summed E-state index contributed by atoms with van der Waals surface area (Å²) >= 11 is 0. The first-order valence-electron chi connectivity index (χ1n) is 6.73. The maximum Gasteiger partial charge on any atom is 0.317 e. The number of nitrogens with one attached hydrogen (secondary N) is 1. The van der Waals surface area contributed by atoms with Gasteiger partial charge in [0, 0.05) is 20.1 Å². The van der Waals surface area contributed by atoms with Crippen LogP contribution >= 0.6 is 0 Å². The summed E-state index contributed by atoms with van der Waals surface area (Å²) < 4.78 is 0. The molecule has 0 aliphatic heterocycles. The van der Waals surface area contributed by atoms with E-state index in [4.69, 9.17) is 0 Å². The molecule has 2 amide bonds. The molecule has 0 aromatic rings. The smallest absolute Gasteiger partial charge is 0.317 e. The Morgan fingerprint density at radius 3 is 2.62 bits per heavy atom. The summed E-state index contributed by atoms with van der Waals surface area (Å²) in [5.74, 6) is 0.720. The van der Waals surface area contributed by atoms with E-state index in [-0.39, 0.29) is 6.03 Å². The number of rotatable bonds is 5. The van der Waals surface area contributed by atoms with Crippen LogP contribution in [0.5, 0.6) is 0 Å². The summed E-state index contributed by atoms with van der Waals surface area (Å²) in [5.41, 5.74) is 0. The van der Waals surface area contributed by atoms with E-state index in [1.54, 1.807) is 4.90 Å². The summed E-state index contributed by atoms with van der Waals surface area (Å²) in [6.45, 7) is 3.88. The van der Waals surface area contributed by atoms with Crippen LogP contribution in [0.1, 0.15) is 51.9 Å². The first-order chi connectivity index (χ1) is 7.74. The molecule has 0 spiro atoms. The Morgan fingerprint density at radius 2 is 2.00 bits per heavy atom. The van der Waals surface area contributed by atoms with Crippen molar-refractivity contribution in [3.63, 3.8) is 0 Å². The number of hydrogen-bond donors (Lipinski definition) is 1. The minimum atomic E-state index is 0.0963. The second kappa shape index (κ2) is 7.53. The van der Waals surface area contributed by atoms with Crippen molar-refractivity contribution in [3.05, 3.63) is 0 Å². The van der Waals surface area contributed by atoms with Crippen molar-refractivity contribution in [1.29, 1.82) is 0 Å². The van der Waals surface area contributed by atoms with Crippen LogP contribution in [-0.4, -0.2) is 31.1 Å². The van der Waals surface area contributed by atoms with Crippen LogP contribution in [0.25, 0.3) is 0 Å². The fourth-order valence-corrected chi connectivity index (χ4v) is 2.25. The van der Waals surface area contributed by atoms with Crippen molar-refractivity contribution in [1.82, 2.24) is 10.2 Å². The quantitative estimate of drug-likeness (QED) is 0.768. The van der Waals surface area contributed by atoms with Gasteiger partial charge in [0.15, 0.2) is 0 Å². The fraction of sp³-hybridized carbons (Fsp3) is 0.923. The summed E-state index contributed by atoms with van der Waals surface area (Å²) in [4.78, 5) is 13.5. The van der Waals surface area contributed by atoms with E-state index in [1.165, 1.54) is 32.1 Å². The van der Waals surface area contributed by atoms with Crippen LogP contribution in [0.15, 0.2) is 0 Å². The summed E-state index contributed by atoms with van der Waals surface area (Å²) in [6.07, 6.45) is 8.87. The number of urea groups is 1. The number of amides is 2. The van der Waals surface area contributed by atoms with Gasteiger partial charge in [0.25, 0.3) is 0 Å². The molecule has 0 aromatic carbocycles. The summed E-state index contributed by atoms with van der Waals surface area (Å²) in [7, 11) is 1.88. The second-order valence-corrected chi connectivity index (χ2v) is 4.97. The Kier molecular flexibility index (Phi) is 6.27. The van der Waals surface area contributed by atoms with E-state index < -0.39 is 0 Å². The number of carbonyl (C=O) groups is 1. The number of carbonyl (C=O) groups excluding carboxylic acids is 1. The Labute approximate surface area is 99.6 Å². The first kappa shape index (κ1) is 13.3. The molecule has 1 saturated carbocycles. The van der Waals surface area contributed by atoms with Crippen LogP contribution in [0, 0.1) is 5.92 Å². The first-order valence-corrected chi connectivity index (χ1v) is 6.73. The Hall–Kier alpha value is -0.730. The topological polar surface area (TPSA) is 32.3 Å². The molecule has 0 atom stereocenters. The molecule has 1 fully saturated rings. The molecule has 3 heteroatoms. The molecule has 0 bridgehead atoms. The van der Waals surface area contributed by atoms with E-state index in [9.17, 15) is 4.79 Å². The third-order valence-electron chi connectivity index (χ3n) is 3.46. The van der Waals surface area contributed by atoms with Crippen LogP contribution in [-0.2, 0) is 0 Å². The van der Waals surface area contributed by atoms with Gasteiger partial charge >= 0.3 is 6.03 Å². The Balaban J connectivity index is 2.12. The summed E-state index contributed by atoms with van der Waals surface area (Å²) in [6, 6.07) is 0.0963. The predicted octanol–water partition coefficient (Wildman–Crippen LogP) is 3.01. The monoisotopic (exact) mass is 226 g/mol. The summed E-state index contributed by atoms with van der Waals surface area (Å²) in [5, 5.41) is 3.05. The van der Waals surface area contributed by atoms with Gasteiger partial charge < -0.3 is 10.2 Å². The normalized spacial score (nSPS) is 17.1. The van der Waals surface area contributed by atoms with E-state index in [0.29, 0.717) is 0 Å². The van der Waals surface area contributed by atoms with Gasteiger partial charge in [-0.05, 0) is 25.2 Å². The van der Waals surface area contributed by atoms with Crippen molar-refractivity contribution in [2.45, 2.75) is 51.9 Å². The number of hydrogen-bond acceptors (Lipinski definition) is 1. The molecular weight excluding hydrogens is 200 g/mol. The van der Waals surface area contributed by atoms with E-state index in [1.807, 2.05) is 7.05 Å². The molecule has 1 aliphatic rings. The second-order valence-electron chi connectivity index (χ2n) is 4.97. The van der Waals surface area contributed by atoms with E-state index >= 15 is 0 Å². The standard InChI is InChI=1S/C13H26N2O/c1-3-4-10-15(2)13(16)14-11-12-8-6-5-7-9-12/h12H,3-11H2,1-2H3,(H,14,16). The van der Waals surface area contributed by atoms with Gasteiger partial charge in [-0.1, -0.05) is 32.6 Å². The van der Waals surface area contributed by atoms with Crippen LogP contribution < -0.4 is 5.32 Å². The molecule has 1 aliphatic carbocycles. The van der Waals surface area contributed by atoms with Gasteiger partial charge in [-0.3, -0.25) is 0 Å². The highest BCUT2D eigenvalue weighted by atomic mass is 16.2. The molecule has 94 valence electrons. The average molecular weight is 226 g/mol. The zero-order valence-corrected chi connectivity index (χ0v) is 10.8. The highest BCUT2D eigenvalue weighted by Gasteiger charge is 2.15. The molecule has 0 heterocycles. The maximum absolute atomic E-state index is 11.7. The lowest BCUT2D eigenvalue weighted by Gasteiger charge is -2.24. The largest absolute Gasteiger partial charge is 0.338 e. The highest BCUT2D eigenvalue weighted by molar-refractivity contribution is 5.73. The van der Waals surface area contributed by atoms with Crippen molar-refractivity contribution < 1.29 is 4.79 Å². The van der Waals surface area contributed by atoms with Crippen molar-refractivity contribution in [2.24, 2.45) is 5.92 Å². The Bertz CT molecular complexity index is 200. The van der Waals surface area contributed by atoms with Gasteiger partial charge in [-0.2, -0.15) is 0 Å². The molecule has 0 unspecified atom stereocenters. The van der Waals surface area contributed by atoms with Gasteiger partial charge in [0.2, 0.25) is 0 Å². The van der Waals surface area contributed by atoms with E-state index in [2.05, 4.69) is 12.2 Å². The number of unbranched alkanes of at least 4 members (excludes halogenated alkanes) is 1. The van der Waals surface area contributed by atoms with Gasteiger partial charge in [0.1, 0.15) is 0 Å².